The minimum Gasteiger partial charge on any atom is -0.484 e. The molecule has 0 aliphatic rings. The standard InChI is InChI=1S/C28H30N4O4/c1-19-14-20(2)26(21(3)15-19)31-25(33)18-36-24-11-7-10-23(16-24)17-30-32-28(35)27(34)29-13-12-22-8-5-4-6-9-22/h4-11,14-17H,12-13,18H2,1-3H3,(H,29,34)(H,31,33)(H,32,35)/b30-17-. The smallest absolute Gasteiger partial charge is 0.329 e. The van der Waals surface area contributed by atoms with Crippen molar-refractivity contribution in [1.82, 2.24) is 10.7 Å². The average Bonchev–Trinajstić information content (AvgIpc) is 2.85. The Morgan fingerprint density at radius 3 is 2.33 bits per heavy atom. The van der Waals surface area contributed by atoms with Gasteiger partial charge in [0.25, 0.3) is 5.91 Å². The van der Waals surface area contributed by atoms with Crippen molar-refractivity contribution in [3.05, 3.63) is 94.5 Å². The number of nitrogens with one attached hydrogen (secondary N) is 3. The second kappa shape index (κ2) is 12.9. The molecular weight excluding hydrogens is 456 g/mol. The molecule has 186 valence electrons. The van der Waals surface area contributed by atoms with Crippen LogP contribution in [-0.2, 0) is 20.8 Å². The van der Waals surface area contributed by atoms with Crippen molar-refractivity contribution in [2.24, 2.45) is 5.10 Å². The highest BCUT2D eigenvalue weighted by atomic mass is 16.5. The van der Waals surface area contributed by atoms with Gasteiger partial charge < -0.3 is 15.4 Å². The molecule has 3 aromatic carbocycles. The Labute approximate surface area is 210 Å². The van der Waals surface area contributed by atoms with Crippen molar-refractivity contribution in [2.75, 3.05) is 18.5 Å². The van der Waals surface area contributed by atoms with Crippen LogP contribution >= 0.6 is 0 Å². The van der Waals surface area contributed by atoms with E-state index in [-0.39, 0.29) is 12.5 Å². The molecule has 3 aromatic rings. The van der Waals surface area contributed by atoms with Crippen LogP contribution in [0.15, 0.2) is 71.8 Å². The fourth-order valence-electron chi connectivity index (χ4n) is 3.65. The minimum atomic E-state index is -0.856. The quantitative estimate of drug-likeness (QED) is 0.245. The van der Waals surface area contributed by atoms with Crippen molar-refractivity contribution in [3.63, 3.8) is 0 Å². The number of carbonyl (C=O) groups is 3. The second-order valence-corrected chi connectivity index (χ2v) is 8.37. The van der Waals surface area contributed by atoms with E-state index in [9.17, 15) is 14.4 Å². The monoisotopic (exact) mass is 486 g/mol. The number of hydrazone groups is 1. The number of amides is 3. The van der Waals surface area contributed by atoms with E-state index < -0.39 is 11.8 Å². The number of aryl methyl sites for hydroxylation is 3. The molecule has 0 aromatic heterocycles. The zero-order valence-corrected chi connectivity index (χ0v) is 20.6. The normalized spacial score (nSPS) is 10.6. The number of ether oxygens (including phenoxy) is 1. The molecule has 0 saturated heterocycles. The Balaban J connectivity index is 1.44. The molecular formula is C28H30N4O4. The molecule has 0 aliphatic heterocycles. The van der Waals surface area contributed by atoms with E-state index in [0.29, 0.717) is 24.3 Å². The maximum absolute atomic E-state index is 12.4. The van der Waals surface area contributed by atoms with Crippen LogP contribution in [0.5, 0.6) is 5.75 Å². The first kappa shape index (κ1) is 26.2. The summed E-state index contributed by atoms with van der Waals surface area (Å²) in [7, 11) is 0. The number of rotatable bonds is 9. The zero-order valence-electron chi connectivity index (χ0n) is 20.6. The summed E-state index contributed by atoms with van der Waals surface area (Å²) < 4.78 is 5.61. The van der Waals surface area contributed by atoms with Crippen LogP contribution in [0.4, 0.5) is 5.69 Å². The molecule has 0 unspecified atom stereocenters. The second-order valence-electron chi connectivity index (χ2n) is 8.37. The third-order valence-corrected chi connectivity index (χ3v) is 5.30. The van der Waals surface area contributed by atoms with E-state index in [1.807, 2.05) is 63.2 Å². The molecule has 0 fully saturated rings. The third-order valence-electron chi connectivity index (χ3n) is 5.30. The number of hydrogen-bond donors (Lipinski definition) is 3. The van der Waals surface area contributed by atoms with Crippen LogP contribution in [-0.4, -0.2) is 37.1 Å². The van der Waals surface area contributed by atoms with E-state index in [0.717, 1.165) is 27.9 Å². The summed E-state index contributed by atoms with van der Waals surface area (Å²) in [4.78, 5) is 36.2. The first-order valence-electron chi connectivity index (χ1n) is 11.6. The molecule has 0 heterocycles. The predicted molar refractivity (Wildman–Crippen MR) is 140 cm³/mol. The Hall–Kier alpha value is -4.46. The fourth-order valence-corrected chi connectivity index (χ4v) is 3.65. The summed E-state index contributed by atoms with van der Waals surface area (Å²) in [6.07, 6.45) is 2.01. The highest BCUT2D eigenvalue weighted by Gasteiger charge is 2.12. The van der Waals surface area contributed by atoms with Gasteiger partial charge in [-0.25, -0.2) is 5.43 Å². The van der Waals surface area contributed by atoms with Gasteiger partial charge in [0.2, 0.25) is 0 Å². The van der Waals surface area contributed by atoms with Crippen molar-refractivity contribution >= 4 is 29.6 Å². The Kier molecular flexibility index (Phi) is 9.33. The molecule has 3 amide bonds. The molecule has 0 atom stereocenters. The SMILES string of the molecule is Cc1cc(C)c(NC(=O)COc2cccc(/C=N\NC(=O)C(=O)NCCc3ccccc3)c2)c(C)c1. The number of benzene rings is 3. The van der Waals surface area contributed by atoms with Crippen molar-refractivity contribution < 1.29 is 19.1 Å². The lowest BCUT2D eigenvalue weighted by Crippen LogP contribution is -2.38. The van der Waals surface area contributed by atoms with Crippen LogP contribution in [0, 0.1) is 20.8 Å². The van der Waals surface area contributed by atoms with E-state index in [2.05, 4.69) is 21.2 Å². The van der Waals surface area contributed by atoms with E-state index >= 15 is 0 Å². The lowest BCUT2D eigenvalue weighted by atomic mass is 10.1. The first-order chi connectivity index (χ1) is 17.3. The summed E-state index contributed by atoms with van der Waals surface area (Å²) in [5, 5.41) is 9.28. The molecule has 0 bridgehead atoms. The van der Waals surface area contributed by atoms with Gasteiger partial charge in [-0.05, 0) is 61.6 Å². The van der Waals surface area contributed by atoms with Crippen molar-refractivity contribution in [3.8, 4) is 5.75 Å². The fraction of sp³-hybridized carbons (Fsp3) is 0.214. The van der Waals surface area contributed by atoms with E-state index in [1.165, 1.54) is 6.21 Å². The molecule has 36 heavy (non-hydrogen) atoms. The molecule has 3 N–H and O–H groups in total. The molecule has 0 radical (unpaired) electrons. The van der Waals surface area contributed by atoms with Gasteiger partial charge >= 0.3 is 11.8 Å². The van der Waals surface area contributed by atoms with Gasteiger partial charge in [-0.3, -0.25) is 14.4 Å². The summed E-state index contributed by atoms with van der Waals surface area (Å²) in [6.45, 7) is 6.10. The highest BCUT2D eigenvalue weighted by Crippen LogP contribution is 2.22. The number of nitrogens with zero attached hydrogens (tertiary/aromatic N) is 1. The van der Waals surface area contributed by atoms with Crippen LogP contribution in [0.1, 0.15) is 27.8 Å². The maximum Gasteiger partial charge on any atom is 0.329 e. The van der Waals surface area contributed by atoms with E-state index in [1.54, 1.807) is 24.3 Å². The topological polar surface area (TPSA) is 109 Å². The van der Waals surface area contributed by atoms with Crippen LogP contribution in [0.2, 0.25) is 0 Å². The summed E-state index contributed by atoms with van der Waals surface area (Å²) >= 11 is 0. The van der Waals surface area contributed by atoms with Crippen LogP contribution in [0.25, 0.3) is 0 Å². The Morgan fingerprint density at radius 2 is 1.61 bits per heavy atom. The molecule has 0 spiro atoms. The van der Waals surface area contributed by atoms with Gasteiger partial charge in [-0.2, -0.15) is 5.10 Å². The largest absolute Gasteiger partial charge is 0.484 e. The summed E-state index contributed by atoms with van der Waals surface area (Å²) in [6, 6.07) is 20.6. The summed E-state index contributed by atoms with van der Waals surface area (Å²) in [5.74, 6) is -1.42. The Bertz CT molecular complexity index is 1230. The third kappa shape index (κ3) is 8.09. The first-order valence-corrected chi connectivity index (χ1v) is 11.6. The van der Waals surface area contributed by atoms with Crippen molar-refractivity contribution in [1.29, 1.82) is 0 Å². The lowest BCUT2D eigenvalue weighted by Gasteiger charge is -2.13. The van der Waals surface area contributed by atoms with Gasteiger partial charge in [-0.15, -0.1) is 0 Å². The Morgan fingerprint density at radius 1 is 0.889 bits per heavy atom. The maximum atomic E-state index is 12.4. The molecule has 0 aliphatic carbocycles. The predicted octanol–water partition coefficient (Wildman–Crippen LogP) is 3.44. The average molecular weight is 487 g/mol. The zero-order chi connectivity index (χ0) is 25.9. The molecule has 8 heteroatoms. The molecule has 8 nitrogen and oxygen atoms in total. The van der Waals surface area contributed by atoms with Gasteiger partial charge in [0, 0.05) is 12.2 Å². The van der Waals surface area contributed by atoms with Gasteiger partial charge in [0.05, 0.1) is 6.21 Å². The highest BCUT2D eigenvalue weighted by molar-refractivity contribution is 6.35. The van der Waals surface area contributed by atoms with Crippen LogP contribution < -0.4 is 20.8 Å². The number of carbonyl (C=O) groups excluding carboxylic acids is 3. The number of anilines is 1. The lowest BCUT2D eigenvalue weighted by molar-refractivity contribution is -0.139. The minimum absolute atomic E-state index is 0.159. The van der Waals surface area contributed by atoms with Gasteiger partial charge in [0.15, 0.2) is 6.61 Å². The number of hydrogen-bond acceptors (Lipinski definition) is 5. The van der Waals surface area contributed by atoms with Crippen LogP contribution in [0.3, 0.4) is 0 Å². The summed E-state index contributed by atoms with van der Waals surface area (Å²) in [5.41, 5.74) is 7.81. The van der Waals surface area contributed by atoms with Gasteiger partial charge in [0.1, 0.15) is 5.75 Å². The molecule has 3 rings (SSSR count). The molecule has 0 saturated carbocycles. The van der Waals surface area contributed by atoms with E-state index in [4.69, 9.17) is 4.74 Å². The van der Waals surface area contributed by atoms with Gasteiger partial charge in [-0.1, -0.05) is 60.2 Å². The van der Waals surface area contributed by atoms with Crippen molar-refractivity contribution in [2.45, 2.75) is 27.2 Å².